The molecule has 5 atom stereocenters. The van der Waals surface area contributed by atoms with Gasteiger partial charge in [0.25, 0.3) is 0 Å². The van der Waals surface area contributed by atoms with E-state index in [0.717, 1.165) is 17.5 Å². The fourth-order valence-electron chi connectivity index (χ4n) is 5.86. The maximum atomic E-state index is 2.60. The highest BCUT2D eigenvalue weighted by atomic mass is 31.1. The predicted molar refractivity (Wildman–Crippen MR) is 136 cm³/mol. The molecule has 0 saturated heterocycles. The van der Waals surface area contributed by atoms with Crippen LogP contribution in [-0.4, -0.2) is 12.3 Å². The molecule has 0 radical (unpaired) electrons. The monoisotopic (exact) mass is 430 g/mol. The van der Waals surface area contributed by atoms with Crippen molar-refractivity contribution in [2.75, 3.05) is 6.66 Å². The first-order chi connectivity index (χ1) is 14.6. The third-order valence-corrected chi connectivity index (χ3v) is 12.9. The number of hydrogen-bond donors (Lipinski definition) is 0. The first-order valence-corrected chi connectivity index (χ1v) is 14.6. The SMILES string of the molecule is CC1c2cccc(P(c3ccccc3)c3ccccc3)c2P(C)[C@@H]2C[C@H](C)CC[C@@H]12. The quantitative estimate of drug-likeness (QED) is 0.440. The molecule has 2 aliphatic rings. The Morgan fingerprint density at radius 2 is 1.40 bits per heavy atom. The van der Waals surface area contributed by atoms with Crippen LogP contribution in [0.25, 0.3) is 0 Å². The van der Waals surface area contributed by atoms with E-state index >= 15 is 0 Å². The molecule has 154 valence electrons. The van der Waals surface area contributed by atoms with Crippen molar-refractivity contribution in [3.8, 4) is 0 Å². The first kappa shape index (κ1) is 20.4. The minimum Gasteiger partial charge on any atom is -0.0740 e. The summed E-state index contributed by atoms with van der Waals surface area (Å²) < 4.78 is 0. The molecule has 1 saturated carbocycles. The molecular weight excluding hydrogens is 398 g/mol. The second kappa shape index (κ2) is 8.57. The molecule has 30 heavy (non-hydrogen) atoms. The van der Waals surface area contributed by atoms with E-state index in [0.29, 0.717) is 5.92 Å². The average Bonchev–Trinajstić information content (AvgIpc) is 2.79. The summed E-state index contributed by atoms with van der Waals surface area (Å²) in [7, 11) is -0.662. The molecule has 3 aromatic rings. The lowest BCUT2D eigenvalue weighted by molar-refractivity contribution is 0.266. The molecule has 1 aliphatic carbocycles. The Morgan fingerprint density at radius 3 is 2.03 bits per heavy atom. The Hall–Kier alpha value is -1.48. The normalized spacial score (nSPS) is 28.1. The van der Waals surface area contributed by atoms with Gasteiger partial charge in [-0.05, 0) is 77.6 Å². The summed E-state index contributed by atoms with van der Waals surface area (Å²) in [4.78, 5) is 0. The van der Waals surface area contributed by atoms with Crippen molar-refractivity contribution in [3.05, 3.63) is 84.4 Å². The molecule has 0 aromatic heterocycles. The highest BCUT2D eigenvalue weighted by Crippen LogP contribution is 2.57. The molecule has 0 amide bonds. The van der Waals surface area contributed by atoms with E-state index in [1.807, 2.05) is 0 Å². The Balaban J connectivity index is 1.69. The molecule has 1 heterocycles. The van der Waals surface area contributed by atoms with E-state index in [4.69, 9.17) is 0 Å². The molecular formula is C28H32P2. The number of rotatable bonds is 3. The zero-order valence-corrected chi connectivity index (χ0v) is 20.1. The summed E-state index contributed by atoms with van der Waals surface area (Å²) in [6, 6.07) is 29.8. The summed E-state index contributed by atoms with van der Waals surface area (Å²) in [5.41, 5.74) is 2.56. The van der Waals surface area contributed by atoms with Crippen molar-refractivity contribution >= 4 is 37.1 Å². The van der Waals surface area contributed by atoms with Crippen molar-refractivity contribution in [3.63, 3.8) is 0 Å². The van der Waals surface area contributed by atoms with E-state index in [1.54, 1.807) is 16.2 Å². The lowest BCUT2D eigenvalue weighted by atomic mass is 9.74. The van der Waals surface area contributed by atoms with Crippen molar-refractivity contribution in [1.29, 1.82) is 0 Å². The van der Waals surface area contributed by atoms with Crippen LogP contribution in [0.5, 0.6) is 0 Å². The van der Waals surface area contributed by atoms with Crippen LogP contribution < -0.4 is 21.2 Å². The third kappa shape index (κ3) is 3.57. The van der Waals surface area contributed by atoms with E-state index in [9.17, 15) is 0 Å². The van der Waals surface area contributed by atoms with E-state index in [1.165, 1.54) is 29.9 Å². The summed E-state index contributed by atoms with van der Waals surface area (Å²) in [6.45, 7) is 7.60. The molecule has 1 fully saturated rings. The first-order valence-electron chi connectivity index (χ1n) is 11.4. The van der Waals surface area contributed by atoms with Gasteiger partial charge in [0.1, 0.15) is 0 Å². The lowest BCUT2D eigenvalue weighted by Crippen LogP contribution is -2.43. The Kier molecular flexibility index (Phi) is 5.84. The van der Waals surface area contributed by atoms with E-state index < -0.39 is 7.92 Å². The van der Waals surface area contributed by atoms with Gasteiger partial charge in [-0.3, -0.25) is 0 Å². The van der Waals surface area contributed by atoms with Crippen LogP contribution in [0.2, 0.25) is 0 Å². The highest BCUT2D eigenvalue weighted by Gasteiger charge is 2.43. The zero-order valence-electron chi connectivity index (χ0n) is 18.3. The van der Waals surface area contributed by atoms with Gasteiger partial charge in [-0.25, -0.2) is 0 Å². The van der Waals surface area contributed by atoms with Gasteiger partial charge in [-0.1, -0.05) is 107 Å². The highest BCUT2D eigenvalue weighted by molar-refractivity contribution is 7.82. The van der Waals surface area contributed by atoms with Crippen molar-refractivity contribution in [2.45, 2.75) is 44.7 Å². The zero-order chi connectivity index (χ0) is 20.7. The minimum absolute atomic E-state index is 0.136. The topological polar surface area (TPSA) is 0 Å². The molecule has 0 N–H and O–H groups in total. The molecule has 0 bridgehead atoms. The lowest BCUT2D eigenvalue weighted by Gasteiger charge is -2.48. The average molecular weight is 431 g/mol. The third-order valence-electron chi connectivity index (χ3n) is 7.43. The summed E-state index contributed by atoms with van der Waals surface area (Å²) in [5, 5.41) is 6.32. The summed E-state index contributed by atoms with van der Waals surface area (Å²) in [6.07, 6.45) is 4.28. The second-order valence-corrected chi connectivity index (χ2v) is 13.8. The summed E-state index contributed by atoms with van der Waals surface area (Å²) in [5.74, 6) is 2.47. The number of benzene rings is 3. The van der Waals surface area contributed by atoms with E-state index in [-0.39, 0.29) is 7.92 Å². The van der Waals surface area contributed by atoms with Gasteiger partial charge in [-0.15, -0.1) is 0 Å². The van der Waals surface area contributed by atoms with Crippen LogP contribution in [0.1, 0.15) is 44.6 Å². The largest absolute Gasteiger partial charge is 0.0740 e. The molecule has 2 heteroatoms. The fourth-order valence-corrected chi connectivity index (χ4v) is 12.1. The van der Waals surface area contributed by atoms with Crippen LogP contribution in [-0.2, 0) is 0 Å². The predicted octanol–water partition coefficient (Wildman–Crippen LogP) is 6.10. The number of fused-ring (bicyclic) bond motifs is 2. The Labute approximate surface area is 184 Å². The van der Waals surface area contributed by atoms with Crippen LogP contribution in [0, 0.1) is 11.8 Å². The molecule has 1 aliphatic heterocycles. The van der Waals surface area contributed by atoms with Gasteiger partial charge in [0.05, 0.1) is 0 Å². The van der Waals surface area contributed by atoms with Crippen molar-refractivity contribution < 1.29 is 0 Å². The second-order valence-electron chi connectivity index (χ2n) is 9.27. The molecule has 5 rings (SSSR count). The molecule has 0 nitrogen and oxygen atoms in total. The van der Waals surface area contributed by atoms with Crippen molar-refractivity contribution in [2.24, 2.45) is 11.8 Å². The van der Waals surface area contributed by atoms with Gasteiger partial charge in [0.15, 0.2) is 0 Å². The standard InChI is InChI=1S/C28H32P2/c1-20-17-18-24-21(2)25-15-10-16-26(28(25)29(3)27(24)19-20)30(22-11-6-4-7-12-22)23-13-8-5-9-14-23/h4-16,20-21,24,27H,17-19H2,1-3H3/t20-,21?,24+,27-,29?/m1/s1. The van der Waals surface area contributed by atoms with Crippen LogP contribution in [0.4, 0.5) is 0 Å². The van der Waals surface area contributed by atoms with Gasteiger partial charge in [0, 0.05) is 0 Å². The Morgan fingerprint density at radius 1 is 0.767 bits per heavy atom. The molecule has 0 spiro atoms. The maximum absolute atomic E-state index is 2.60. The van der Waals surface area contributed by atoms with Crippen LogP contribution in [0.15, 0.2) is 78.9 Å². The van der Waals surface area contributed by atoms with Gasteiger partial charge in [-0.2, -0.15) is 0 Å². The Bertz CT molecular complexity index is 958. The summed E-state index contributed by atoms with van der Waals surface area (Å²) >= 11 is 0. The maximum Gasteiger partial charge on any atom is -0.00713 e. The minimum atomic E-state index is -0.526. The van der Waals surface area contributed by atoms with Gasteiger partial charge in [0.2, 0.25) is 0 Å². The molecule has 2 unspecified atom stereocenters. The van der Waals surface area contributed by atoms with Crippen molar-refractivity contribution in [1.82, 2.24) is 0 Å². The van der Waals surface area contributed by atoms with Crippen LogP contribution in [0.3, 0.4) is 0 Å². The smallest absolute Gasteiger partial charge is 0.00713 e. The molecule has 3 aromatic carbocycles. The van der Waals surface area contributed by atoms with Gasteiger partial charge < -0.3 is 0 Å². The van der Waals surface area contributed by atoms with Crippen LogP contribution >= 0.6 is 15.8 Å². The number of hydrogen-bond acceptors (Lipinski definition) is 0. The fraction of sp³-hybridized carbons (Fsp3) is 0.357. The van der Waals surface area contributed by atoms with Gasteiger partial charge >= 0.3 is 0 Å². The van der Waals surface area contributed by atoms with E-state index in [2.05, 4.69) is 99.4 Å².